The summed E-state index contributed by atoms with van der Waals surface area (Å²) in [6.45, 7) is 1.23. The molecule has 5 aliphatic rings. The highest BCUT2D eigenvalue weighted by molar-refractivity contribution is 5.75. The molecule has 0 spiro atoms. The zero-order valence-corrected chi connectivity index (χ0v) is 11.9. The molecule has 4 saturated carbocycles. The second-order valence-electron chi connectivity index (χ2n) is 7.63. The second-order valence-corrected chi connectivity index (χ2v) is 7.63. The van der Waals surface area contributed by atoms with Crippen LogP contribution in [0.2, 0.25) is 0 Å². The first-order valence-corrected chi connectivity index (χ1v) is 8.09. The van der Waals surface area contributed by atoms with Crippen molar-refractivity contribution in [3.05, 3.63) is 0 Å². The smallest absolute Gasteiger partial charge is 0.315 e. The number of rotatable bonds is 2. The lowest BCUT2D eigenvalue weighted by Crippen LogP contribution is -2.62. The number of hydrogen-bond acceptors (Lipinski definition) is 3. The van der Waals surface area contributed by atoms with Crippen molar-refractivity contribution in [1.29, 1.82) is 0 Å². The van der Waals surface area contributed by atoms with Crippen LogP contribution in [0, 0.1) is 17.8 Å². The molecular formula is C15H25N3O2. The third-order valence-corrected chi connectivity index (χ3v) is 5.92. The molecule has 5 nitrogen and oxygen atoms in total. The molecule has 5 heteroatoms. The molecule has 0 radical (unpaired) electrons. The van der Waals surface area contributed by atoms with Gasteiger partial charge in [0.25, 0.3) is 0 Å². The van der Waals surface area contributed by atoms with Crippen LogP contribution in [0.4, 0.5) is 4.79 Å². The van der Waals surface area contributed by atoms with Crippen LogP contribution in [0.5, 0.6) is 0 Å². The van der Waals surface area contributed by atoms with Crippen LogP contribution in [0.25, 0.3) is 0 Å². The second kappa shape index (κ2) is 4.60. The van der Waals surface area contributed by atoms with E-state index in [0.717, 1.165) is 17.8 Å². The molecule has 1 aliphatic heterocycles. The normalized spacial score (nSPS) is 49.4. The van der Waals surface area contributed by atoms with Gasteiger partial charge in [-0.3, -0.25) is 0 Å². The molecule has 1 saturated heterocycles. The van der Waals surface area contributed by atoms with Crippen LogP contribution >= 0.6 is 0 Å². The first-order valence-electron chi connectivity index (χ1n) is 8.09. The summed E-state index contributed by atoms with van der Waals surface area (Å²) in [6, 6.07) is -0.233. The first kappa shape index (κ1) is 12.9. The molecule has 4 aliphatic carbocycles. The van der Waals surface area contributed by atoms with Gasteiger partial charge in [0.05, 0.1) is 12.1 Å². The van der Waals surface area contributed by atoms with Gasteiger partial charge in [0.2, 0.25) is 0 Å². The van der Waals surface area contributed by atoms with E-state index in [-0.39, 0.29) is 17.6 Å². The van der Waals surface area contributed by atoms with Gasteiger partial charge in [-0.2, -0.15) is 0 Å². The Morgan fingerprint density at radius 2 is 1.65 bits per heavy atom. The highest BCUT2D eigenvalue weighted by Crippen LogP contribution is 2.55. The van der Waals surface area contributed by atoms with E-state index < -0.39 is 6.10 Å². The van der Waals surface area contributed by atoms with Gasteiger partial charge in [-0.05, 0) is 56.3 Å². The van der Waals surface area contributed by atoms with E-state index in [1.165, 1.54) is 38.5 Å². The average Bonchev–Trinajstić information content (AvgIpc) is 2.72. The summed E-state index contributed by atoms with van der Waals surface area (Å²) >= 11 is 0. The molecule has 0 aromatic heterocycles. The molecule has 2 amide bonds. The number of carbonyl (C=O) groups excluding carboxylic acids is 1. The van der Waals surface area contributed by atoms with Crippen molar-refractivity contribution in [3.8, 4) is 0 Å². The van der Waals surface area contributed by atoms with Crippen molar-refractivity contribution in [2.24, 2.45) is 17.8 Å². The quantitative estimate of drug-likeness (QED) is 0.598. The Kier molecular flexibility index (Phi) is 2.96. The summed E-state index contributed by atoms with van der Waals surface area (Å²) in [4.78, 5) is 12.3. The van der Waals surface area contributed by atoms with Gasteiger partial charge in [0, 0.05) is 18.6 Å². The fraction of sp³-hybridized carbons (Fsp3) is 0.933. The maximum Gasteiger partial charge on any atom is 0.315 e. The zero-order chi connectivity index (χ0) is 13.7. The summed E-state index contributed by atoms with van der Waals surface area (Å²) in [7, 11) is 0. The van der Waals surface area contributed by atoms with Gasteiger partial charge in [-0.1, -0.05) is 0 Å². The maximum atomic E-state index is 12.3. The minimum absolute atomic E-state index is 0.0514. The molecule has 2 atom stereocenters. The topological polar surface area (TPSA) is 73.4 Å². The fourth-order valence-corrected chi connectivity index (χ4v) is 5.52. The monoisotopic (exact) mass is 279 g/mol. The molecule has 5 rings (SSSR count). The number of nitrogens with one attached hydrogen (secondary N) is 3. The van der Waals surface area contributed by atoms with E-state index in [1.807, 2.05) is 0 Å². The molecule has 0 unspecified atom stereocenters. The minimum atomic E-state index is -0.461. The summed E-state index contributed by atoms with van der Waals surface area (Å²) in [6.07, 6.45) is 7.18. The molecule has 4 N–H and O–H groups in total. The fourth-order valence-electron chi connectivity index (χ4n) is 5.52. The van der Waals surface area contributed by atoms with Gasteiger partial charge in [0.1, 0.15) is 0 Å². The van der Waals surface area contributed by atoms with E-state index >= 15 is 0 Å². The number of hydrogen-bond donors (Lipinski definition) is 4. The number of amides is 2. The average molecular weight is 279 g/mol. The number of aliphatic hydroxyl groups is 1. The molecule has 4 bridgehead atoms. The molecule has 1 heterocycles. The number of urea groups is 1. The van der Waals surface area contributed by atoms with Crippen molar-refractivity contribution < 1.29 is 9.90 Å². The predicted octanol–water partition coefficient (Wildman–Crippen LogP) is 0.587. The predicted molar refractivity (Wildman–Crippen MR) is 75.2 cm³/mol. The molecule has 5 fully saturated rings. The minimum Gasteiger partial charge on any atom is -0.390 e. The molecule has 0 aromatic rings. The standard InChI is InChI=1S/C15H25N3O2/c19-13-8-16-7-12(13)17-14(20)18-15-4-9-1-10(5-15)3-11(2-9)6-15/h9-13,16,19H,1-8H2,(H2,17,18,20)/t9?,10?,11?,12-,13-,15?/m1/s1. The van der Waals surface area contributed by atoms with Crippen LogP contribution in [0.3, 0.4) is 0 Å². The third-order valence-electron chi connectivity index (χ3n) is 5.92. The highest BCUT2D eigenvalue weighted by Gasteiger charge is 2.51. The lowest BCUT2D eigenvalue weighted by Gasteiger charge is -2.56. The van der Waals surface area contributed by atoms with Gasteiger partial charge in [-0.25, -0.2) is 4.79 Å². The van der Waals surface area contributed by atoms with Crippen molar-refractivity contribution in [2.45, 2.75) is 56.2 Å². The Morgan fingerprint density at radius 3 is 2.15 bits per heavy atom. The summed E-state index contributed by atoms with van der Waals surface area (Å²) in [5, 5.41) is 19.1. The van der Waals surface area contributed by atoms with Crippen molar-refractivity contribution >= 4 is 6.03 Å². The van der Waals surface area contributed by atoms with Crippen molar-refractivity contribution in [3.63, 3.8) is 0 Å². The van der Waals surface area contributed by atoms with Gasteiger partial charge in [-0.15, -0.1) is 0 Å². The zero-order valence-electron chi connectivity index (χ0n) is 11.9. The molecule has 0 aromatic carbocycles. The number of β-amino-alcohol motifs (C(OH)–C–C–N with tert-alkyl or cyclic N) is 1. The lowest BCUT2D eigenvalue weighted by molar-refractivity contribution is -0.0138. The van der Waals surface area contributed by atoms with Gasteiger partial charge >= 0.3 is 6.03 Å². The Hall–Kier alpha value is -0.810. The third kappa shape index (κ3) is 2.21. The molecule has 112 valence electrons. The Morgan fingerprint density at radius 1 is 1.05 bits per heavy atom. The summed E-state index contributed by atoms with van der Waals surface area (Å²) in [5.41, 5.74) is 0.0514. The molecular weight excluding hydrogens is 254 g/mol. The Labute approximate surface area is 119 Å². The van der Waals surface area contributed by atoms with Crippen LogP contribution in [0.15, 0.2) is 0 Å². The van der Waals surface area contributed by atoms with E-state index in [9.17, 15) is 9.90 Å². The number of carbonyl (C=O) groups is 1. The SMILES string of the molecule is O=C(N[C@@H]1CNC[C@H]1O)NC12CC3CC(CC(C3)C1)C2. The van der Waals surface area contributed by atoms with Crippen molar-refractivity contribution in [2.75, 3.05) is 13.1 Å². The highest BCUT2D eigenvalue weighted by atomic mass is 16.3. The largest absolute Gasteiger partial charge is 0.390 e. The van der Waals surface area contributed by atoms with Crippen LogP contribution in [-0.2, 0) is 0 Å². The lowest BCUT2D eigenvalue weighted by atomic mass is 9.53. The Balaban J connectivity index is 1.39. The summed E-state index contributed by atoms with van der Waals surface area (Å²) in [5.74, 6) is 2.50. The van der Waals surface area contributed by atoms with E-state index in [0.29, 0.717) is 13.1 Å². The summed E-state index contributed by atoms with van der Waals surface area (Å²) < 4.78 is 0. The van der Waals surface area contributed by atoms with Crippen LogP contribution < -0.4 is 16.0 Å². The first-order chi connectivity index (χ1) is 9.62. The van der Waals surface area contributed by atoms with Gasteiger partial charge < -0.3 is 21.1 Å². The Bertz CT molecular complexity index is 377. The van der Waals surface area contributed by atoms with Crippen LogP contribution in [0.1, 0.15) is 38.5 Å². The molecule has 20 heavy (non-hydrogen) atoms. The van der Waals surface area contributed by atoms with Crippen LogP contribution in [-0.4, -0.2) is 41.9 Å². The maximum absolute atomic E-state index is 12.3. The van der Waals surface area contributed by atoms with E-state index in [4.69, 9.17) is 0 Å². The van der Waals surface area contributed by atoms with Gasteiger partial charge in [0.15, 0.2) is 0 Å². The van der Waals surface area contributed by atoms with E-state index in [1.54, 1.807) is 0 Å². The number of aliphatic hydroxyl groups excluding tert-OH is 1. The van der Waals surface area contributed by atoms with Crippen molar-refractivity contribution in [1.82, 2.24) is 16.0 Å². The van der Waals surface area contributed by atoms with E-state index in [2.05, 4.69) is 16.0 Å².